The van der Waals surface area contributed by atoms with E-state index in [1.54, 1.807) is 29.1 Å². The minimum atomic E-state index is -0.442. The van der Waals surface area contributed by atoms with E-state index >= 15 is 0 Å². The largest absolute Gasteiger partial charge is 0.381 e. The summed E-state index contributed by atoms with van der Waals surface area (Å²) in [6.07, 6.45) is 5.85. The number of carbonyl (C=O) groups excluding carboxylic acids is 1. The number of ether oxygens (including phenoxy) is 1. The lowest BCUT2D eigenvalue weighted by atomic mass is 9.94. The molecule has 0 radical (unpaired) electrons. The van der Waals surface area contributed by atoms with Crippen LogP contribution >= 0.6 is 0 Å². The standard InChI is InChI=1S/C17H23N5O2/c18-16(23)14-4-6-15(7-5-14)17-19-21-22(20-17)10-2-1-3-13-8-11-24-12-9-13/h4-7,13H,1-3,8-12H2,(H2,18,23). The topological polar surface area (TPSA) is 95.9 Å². The van der Waals surface area contributed by atoms with E-state index in [4.69, 9.17) is 10.5 Å². The summed E-state index contributed by atoms with van der Waals surface area (Å²) >= 11 is 0. The van der Waals surface area contributed by atoms with Crippen molar-refractivity contribution >= 4 is 5.91 Å². The van der Waals surface area contributed by atoms with Crippen LogP contribution in [0.1, 0.15) is 42.5 Å². The molecule has 0 spiro atoms. The van der Waals surface area contributed by atoms with Crippen LogP contribution in [0.15, 0.2) is 24.3 Å². The van der Waals surface area contributed by atoms with Gasteiger partial charge in [0.15, 0.2) is 0 Å². The van der Waals surface area contributed by atoms with E-state index in [2.05, 4.69) is 15.4 Å². The Hall–Kier alpha value is -2.28. The van der Waals surface area contributed by atoms with E-state index in [0.29, 0.717) is 11.4 Å². The number of benzene rings is 1. The number of hydrogen-bond acceptors (Lipinski definition) is 5. The zero-order chi connectivity index (χ0) is 16.8. The van der Waals surface area contributed by atoms with Gasteiger partial charge in [-0.2, -0.15) is 4.80 Å². The lowest BCUT2D eigenvalue weighted by Gasteiger charge is -2.21. The highest BCUT2D eigenvalue weighted by molar-refractivity contribution is 5.93. The molecule has 1 aliphatic rings. The van der Waals surface area contributed by atoms with E-state index < -0.39 is 5.91 Å². The van der Waals surface area contributed by atoms with Crippen LogP contribution in [0.4, 0.5) is 0 Å². The molecule has 1 amide bonds. The third-order valence-electron chi connectivity index (χ3n) is 4.44. The van der Waals surface area contributed by atoms with Crippen LogP contribution in [-0.4, -0.2) is 39.3 Å². The quantitative estimate of drug-likeness (QED) is 0.784. The SMILES string of the molecule is NC(=O)c1ccc(-c2nnn(CCCCC3CCOCC3)n2)cc1. The summed E-state index contributed by atoms with van der Waals surface area (Å²) in [6.45, 7) is 2.59. The van der Waals surface area contributed by atoms with E-state index in [-0.39, 0.29) is 0 Å². The highest BCUT2D eigenvalue weighted by Gasteiger charge is 2.13. The van der Waals surface area contributed by atoms with Gasteiger partial charge in [0.25, 0.3) is 0 Å². The van der Waals surface area contributed by atoms with Crippen molar-refractivity contribution in [3.8, 4) is 11.4 Å². The molecule has 1 aliphatic heterocycles. The molecule has 7 nitrogen and oxygen atoms in total. The first kappa shape index (κ1) is 16.6. The molecule has 128 valence electrons. The highest BCUT2D eigenvalue weighted by Crippen LogP contribution is 2.21. The van der Waals surface area contributed by atoms with Gasteiger partial charge < -0.3 is 10.5 Å². The number of carbonyl (C=O) groups is 1. The fourth-order valence-corrected chi connectivity index (χ4v) is 2.96. The van der Waals surface area contributed by atoms with Crippen LogP contribution in [-0.2, 0) is 11.3 Å². The highest BCUT2D eigenvalue weighted by atomic mass is 16.5. The first-order valence-corrected chi connectivity index (χ1v) is 8.48. The first-order valence-electron chi connectivity index (χ1n) is 8.48. The van der Waals surface area contributed by atoms with Gasteiger partial charge in [0.2, 0.25) is 11.7 Å². The number of hydrogen-bond donors (Lipinski definition) is 1. The second-order valence-corrected chi connectivity index (χ2v) is 6.20. The minimum absolute atomic E-state index is 0.442. The van der Waals surface area contributed by atoms with Crippen molar-refractivity contribution in [1.29, 1.82) is 0 Å². The molecule has 2 heterocycles. The fourth-order valence-electron chi connectivity index (χ4n) is 2.96. The Balaban J connectivity index is 1.47. The Bertz CT molecular complexity index is 662. The van der Waals surface area contributed by atoms with Gasteiger partial charge in [0.05, 0.1) is 6.54 Å². The number of rotatable bonds is 7. The van der Waals surface area contributed by atoms with Crippen molar-refractivity contribution < 1.29 is 9.53 Å². The lowest BCUT2D eigenvalue weighted by Crippen LogP contribution is -2.15. The minimum Gasteiger partial charge on any atom is -0.381 e. The van der Waals surface area contributed by atoms with Gasteiger partial charge in [0.1, 0.15) is 0 Å². The van der Waals surface area contributed by atoms with Crippen molar-refractivity contribution in [3.05, 3.63) is 29.8 Å². The smallest absolute Gasteiger partial charge is 0.248 e. The summed E-state index contributed by atoms with van der Waals surface area (Å²) in [4.78, 5) is 12.7. The van der Waals surface area contributed by atoms with Crippen molar-refractivity contribution in [3.63, 3.8) is 0 Å². The number of aromatic nitrogens is 4. The molecule has 0 saturated carbocycles. The molecule has 0 atom stereocenters. The van der Waals surface area contributed by atoms with Crippen LogP contribution in [0.5, 0.6) is 0 Å². The Morgan fingerprint density at radius 3 is 2.67 bits per heavy atom. The fraction of sp³-hybridized carbons (Fsp3) is 0.529. The average molecular weight is 329 g/mol. The van der Waals surface area contributed by atoms with Crippen LogP contribution in [0.25, 0.3) is 11.4 Å². The number of amides is 1. The monoisotopic (exact) mass is 329 g/mol. The van der Waals surface area contributed by atoms with Gasteiger partial charge in [-0.05, 0) is 42.5 Å². The van der Waals surface area contributed by atoms with E-state index in [1.165, 1.54) is 25.7 Å². The van der Waals surface area contributed by atoms with Crippen LogP contribution in [0, 0.1) is 5.92 Å². The number of aryl methyl sites for hydroxylation is 1. The molecular formula is C17H23N5O2. The van der Waals surface area contributed by atoms with Crippen molar-refractivity contribution in [2.75, 3.05) is 13.2 Å². The molecule has 1 fully saturated rings. The van der Waals surface area contributed by atoms with Gasteiger partial charge in [-0.15, -0.1) is 10.2 Å². The van der Waals surface area contributed by atoms with E-state index in [9.17, 15) is 4.79 Å². The third-order valence-corrected chi connectivity index (χ3v) is 4.44. The zero-order valence-electron chi connectivity index (χ0n) is 13.7. The molecule has 7 heteroatoms. The van der Waals surface area contributed by atoms with Gasteiger partial charge in [-0.1, -0.05) is 25.0 Å². The number of primary amides is 1. The summed E-state index contributed by atoms with van der Waals surface area (Å²) in [5.41, 5.74) is 6.53. The van der Waals surface area contributed by atoms with Gasteiger partial charge in [-0.25, -0.2) is 0 Å². The van der Waals surface area contributed by atoms with Crippen molar-refractivity contribution in [1.82, 2.24) is 20.2 Å². The average Bonchev–Trinajstić information content (AvgIpc) is 3.09. The Morgan fingerprint density at radius 2 is 1.96 bits per heavy atom. The summed E-state index contributed by atoms with van der Waals surface area (Å²) < 4.78 is 5.38. The molecule has 0 aliphatic carbocycles. The Labute approximate surface area is 141 Å². The van der Waals surface area contributed by atoms with Gasteiger partial charge in [0, 0.05) is 24.3 Å². The van der Waals surface area contributed by atoms with Crippen LogP contribution < -0.4 is 5.73 Å². The summed E-state index contributed by atoms with van der Waals surface area (Å²) in [5.74, 6) is 0.930. The Kier molecular flexibility index (Phi) is 5.53. The van der Waals surface area contributed by atoms with Gasteiger partial charge >= 0.3 is 0 Å². The van der Waals surface area contributed by atoms with Crippen LogP contribution in [0.2, 0.25) is 0 Å². The molecule has 2 N–H and O–H groups in total. The Morgan fingerprint density at radius 1 is 1.21 bits per heavy atom. The number of tetrazole rings is 1. The normalized spacial score (nSPS) is 15.5. The molecule has 0 unspecified atom stereocenters. The number of nitrogens with two attached hydrogens (primary N) is 1. The third kappa shape index (κ3) is 4.38. The zero-order valence-corrected chi connectivity index (χ0v) is 13.7. The summed E-state index contributed by atoms with van der Waals surface area (Å²) in [5, 5.41) is 12.6. The maximum absolute atomic E-state index is 11.1. The second kappa shape index (κ2) is 8.01. The number of unbranched alkanes of at least 4 members (excludes halogenated alkanes) is 1. The molecule has 1 aromatic heterocycles. The maximum atomic E-state index is 11.1. The molecule has 3 rings (SSSR count). The van der Waals surface area contributed by atoms with Gasteiger partial charge in [-0.3, -0.25) is 4.79 Å². The molecule has 1 aromatic carbocycles. The summed E-state index contributed by atoms with van der Waals surface area (Å²) in [6, 6.07) is 6.91. The predicted octanol–water partition coefficient (Wildman–Crippen LogP) is 2.04. The maximum Gasteiger partial charge on any atom is 0.248 e. The summed E-state index contributed by atoms with van der Waals surface area (Å²) in [7, 11) is 0. The second-order valence-electron chi connectivity index (χ2n) is 6.20. The van der Waals surface area contributed by atoms with E-state index in [0.717, 1.165) is 37.7 Å². The first-order chi connectivity index (χ1) is 11.7. The number of nitrogens with zero attached hydrogens (tertiary/aromatic N) is 4. The van der Waals surface area contributed by atoms with E-state index in [1.807, 2.05) is 0 Å². The molecule has 0 bridgehead atoms. The lowest BCUT2D eigenvalue weighted by molar-refractivity contribution is 0.0630. The molecule has 2 aromatic rings. The van der Waals surface area contributed by atoms with Crippen molar-refractivity contribution in [2.45, 2.75) is 38.6 Å². The van der Waals surface area contributed by atoms with Crippen LogP contribution in [0.3, 0.4) is 0 Å². The van der Waals surface area contributed by atoms with Crippen molar-refractivity contribution in [2.24, 2.45) is 11.7 Å². The molecule has 24 heavy (non-hydrogen) atoms. The predicted molar refractivity (Wildman–Crippen MR) is 89.2 cm³/mol. The molecule has 1 saturated heterocycles. The molecular weight excluding hydrogens is 306 g/mol.